The molecule has 0 amide bonds. The molecule has 1 aliphatic heterocycles. The molecule has 0 aliphatic carbocycles. The van der Waals surface area contributed by atoms with Crippen molar-refractivity contribution in [1.82, 2.24) is 9.55 Å². The quantitative estimate of drug-likeness (QED) is 0.187. The molecule has 0 bridgehead atoms. The van der Waals surface area contributed by atoms with Gasteiger partial charge in [-0.15, -0.1) is 0 Å². The van der Waals surface area contributed by atoms with E-state index >= 15 is 0 Å². The van der Waals surface area contributed by atoms with Crippen molar-refractivity contribution in [3.05, 3.63) is 151 Å². The molecule has 0 saturated heterocycles. The highest BCUT2D eigenvalue weighted by Crippen LogP contribution is 2.50. The van der Waals surface area contributed by atoms with Crippen LogP contribution in [0.3, 0.4) is 0 Å². The molecule has 0 unspecified atom stereocenters. The van der Waals surface area contributed by atoms with Gasteiger partial charge in [0.25, 0.3) is 0 Å². The van der Waals surface area contributed by atoms with Crippen LogP contribution in [-0.2, 0) is 5.41 Å². The predicted octanol–water partition coefficient (Wildman–Crippen LogP) is 11.9. The summed E-state index contributed by atoms with van der Waals surface area (Å²) in [5.74, 6) is 2.60. The number of ether oxygens (including phenoxy) is 1. The van der Waals surface area contributed by atoms with E-state index in [9.17, 15) is 0 Å². The minimum absolute atomic E-state index is 0.0633. The summed E-state index contributed by atoms with van der Waals surface area (Å²) < 4.78 is 8.62. The molecule has 0 radical (unpaired) electrons. The smallest absolute Gasteiger partial charge is 0.151 e. The lowest BCUT2D eigenvalue weighted by Gasteiger charge is -2.32. The summed E-state index contributed by atoms with van der Waals surface area (Å²) in [6.45, 7) is 6.77. The number of benzene rings is 7. The van der Waals surface area contributed by atoms with E-state index in [4.69, 9.17) is 9.72 Å². The van der Waals surface area contributed by atoms with Gasteiger partial charge in [-0.1, -0.05) is 106 Å². The molecule has 7 aromatic carbocycles. The van der Waals surface area contributed by atoms with E-state index in [-0.39, 0.29) is 5.41 Å². The van der Waals surface area contributed by atoms with E-state index in [0.29, 0.717) is 0 Å². The van der Waals surface area contributed by atoms with Crippen LogP contribution in [-0.4, -0.2) is 9.55 Å². The molecule has 0 saturated carbocycles. The van der Waals surface area contributed by atoms with Crippen molar-refractivity contribution in [1.29, 1.82) is 0 Å². The van der Waals surface area contributed by atoms with Crippen molar-refractivity contribution in [2.24, 2.45) is 0 Å². The maximum absolute atomic E-state index is 6.27. The molecule has 0 fully saturated rings. The average molecular weight is 608 g/mol. The number of anilines is 3. The summed E-state index contributed by atoms with van der Waals surface area (Å²) in [5.41, 5.74) is 8.73. The Balaban J connectivity index is 1.28. The minimum atomic E-state index is 0.0633. The van der Waals surface area contributed by atoms with E-state index in [2.05, 4.69) is 152 Å². The highest BCUT2D eigenvalue weighted by Gasteiger charge is 2.26. The van der Waals surface area contributed by atoms with Crippen molar-refractivity contribution in [3.8, 4) is 28.6 Å². The van der Waals surface area contributed by atoms with Crippen LogP contribution in [0, 0.1) is 0 Å². The predicted molar refractivity (Wildman–Crippen MR) is 195 cm³/mol. The molecule has 1 aliphatic rings. The average Bonchev–Trinajstić information content (AvgIpc) is 3.52. The van der Waals surface area contributed by atoms with Crippen LogP contribution in [0.2, 0.25) is 0 Å². The Bertz CT molecular complexity index is 2420. The molecule has 0 atom stereocenters. The Morgan fingerprint density at radius 2 is 1.02 bits per heavy atom. The zero-order valence-corrected chi connectivity index (χ0v) is 26.6. The molecule has 226 valence electrons. The molecule has 47 heavy (non-hydrogen) atoms. The lowest BCUT2D eigenvalue weighted by molar-refractivity contribution is 0.477. The SMILES string of the molecule is CC(C)(C)c1ccc(-n2c(-c3ccc(N4c5ccccc5Oc5ccccc54)cc3)nc3c4ccccc4c4ccccc4c32)cc1. The van der Waals surface area contributed by atoms with Crippen LogP contribution in [0.1, 0.15) is 26.3 Å². The monoisotopic (exact) mass is 607 g/mol. The maximum atomic E-state index is 6.27. The normalized spacial score (nSPS) is 12.7. The molecule has 8 aromatic rings. The zero-order valence-electron chi connectivity index (χ0n) is 26.6. The third-order valence-corrected chi connectivity index (χ3v) is 9.34. The molecular formula is C43H33N3O. The van der Waals surface area contributed by atoms with E-state index in [1.807, 2.05) is 24.3 Å². The van der Waals surface area contributed by atoms with Gasteiger partial charge in [-0.25, -0.2) is 4.98 Å². The van der Waals surface area contributed by atoms with Crippen LogP contribution in [0.15, 0.2) is 146 Å². The van der Waals surface area contributed by atoms with Crippen LogP contribution >= 0.6 is 0 Å². The third kappa shape index (κ3) is 4.33. The highest BCUT2D eigenvalue weighted by atomic mass is 16.5. The van der Waals surface area contributed by atoms with Crippen molar-refractivity contribution >= 4 is 49.6 Å². The van der Waals surface area contributed by atoms with Gasteiger partial charge in [0.1, 0.15) is 5.82 Å². The van der Waals surface area contributed by atoms with Crippen LogP contribution in [0.25, 0.3) is 49.7 Å². The first-order valence-electron chi connectivity index (χ1n) is 16.1. The summed E-state index contributed by atoms with van der Waals surface area (Å²) in [7, 11) is 0. The fourth-order valence-electron chi connectivity index (χ4n) is 7.00. The number of rotatable bonds is 3. The summed E-state index contributed by atoms with van der Waals surface area (Å²) >= 11 is 0. The minimum Gasteiger partial charge on any atom is -0.453 e. The van der Waals surface area contributed by atoms with Gasteiger partial charge in [-0.3, -0.25) is 4.57 Å². The number of para-hydroxylation sites is 4. The zero-order chi connectivity index (χ0) is 31.7. The Morgan fingerprint density at radius 1 is 0.511 bits per heavy atom. The molecule has 0 spiro atoms. The Labute approximate surface area is 274 Å². The van der Waals surface area contributed by atoms with Gasteiger partial charge in [-0.05, 0) is 82.4 Å². The first-order chi connectivity index (χ1) is 23.0. The van der Waals surface area contributed by atoms with E-state index in [1.54, 1.807) is 0 Å². The van der Waals surface area contributed by atoms with Crippen molar-refractivity contribution in [3.63, 3.8) is 0 Å². The highest BCUT2D eigenvalue weighted by molar-refractivity contribution is 6.24. The van der Waals surface area contributed by atoms with Crippen molar-refractivity contribution in [2.45, 2.75) is 26.2 Å². The van der Waals surface area contributed by atoms with Gasteiger partial charge < -0.3 is 9.64 Å². The Morgan fingerprint density at radius 3 is 1.64 bits per heavy atom. The number of hydrogen-bond acceptors (Lipinski definition) is 3. The molecule has 9 rings (SSSR count). The van der Waals surface area contributed by atoms with Gasteiger partial charge in [0, 0.05) is 27.7 Å². The van der Waals surface area contributed by atoms with E-state index in [1.165, 1.54) is 21.7 Å². The topological polar surface area (TPSA) is 30.3 Å². The van der Waals surface area contributed by atoms with E-state index in [0.717, 1.165) is 62.1 Å². The Kier molecular flexibility index (Phi) is 6.03. The first-order valence-corrected chi connectivity index (χ1v) is 16.1. The molecule has 0 N–H and O–H groups in total. The lowest BCUT2D eigenvalue weighted by atomic mass is 9.87. The molecule has 1 aromatic heterocycles. The summed E-state index contributed by atoms with van der Waals surface area (Å²) in [6.07, 6.45) is 0. The second kappa shape index (κ2) is 10.3. The largest absolute Gasteiger partial charge is 0.453 e. The number of nitrogens with zero attached hydrogens (tertiary/aromatic N) is 3. The van der Waals surface area contributed by atoms with Crippen molar-refractivity contribution < 1.29 is 4.74 Å². The van der Waals surface area contributed by atoms with Gasteiger partial charge in [0.05, 0.1) is 22.4 Å². The standard InChI is InChI=1S/C43H33N3O/c1-43(2,3)29-22-26-31(27-23-29)46-41-35-15-7-5-13-33(35)32-12-4-6-14-34(32)40(41)44-42(46)28-20-24-30(25-21-28)45-36-16-8-10-18-38(36)47-39-19-11-9-17-37(39)45/h4-27H,1-3H3. The fraction of sp³-hybridized carbons (Fsp3) is 0.0930. The number of hydrogen-bond donors (Lipinski definition) is 0. The lowest BCUT2D eigenvalue weighted by Crippen LogP contribution is -2.15. The van der Waals surface area contributed by atoms with Crippen LogP contribution in [0.5, 0.6) is 11.5 Å². The fourth-order valence-corrected chi connectivity index (χ4v) is 7.00. The maximum Gasteiger partial charge on any atom is 0.151 e. The van der Waals surface area contributed by atoms with E-state index < -0.39 is 0 Å². The molecule has 2 heterocycles. The van der Waals surface area contributed by atoms with Gasteiger partial charge in [0.2, 0.25) is 0 Å². The first kappa shape index (κ1) is 27.4. The number of aromatic nitrogens is 2. The summed E-state index contributed by atoms with van der Waals surface area (Å²) in [5, 5.41) is 4.80. The molecule has 4 heteroatoms. The van der Waals surface area contributed by atoms with Gasteiger partial charge in [0.15, 0.2) is 11.5 Å². The van der Waals surface area contributed by atoms with Crippen LogP contribution < -0.4 is 9.64 Å². The third-order valence-electron chi connectivity index (χ3n) is 9.34. The van der Waals surface area contributed by atoms with Crippen LogP contribution in [0.4, 0.5) is 17.1 Å². The van der Waals surface area contributed by atoms with Crippen molar-refractivity contribution in [2.75, 3.05) is 4.90 Å². The number of fused-ring (bicyclic) bond motifs is 8. The van der Waals surface area contributed by atoms with Gasteiger partial charge in [-0.2, -0.15) is 0 Å². The summed E-state index contributed by atoms with van der Waals surface area (Å²) in [6, 6.07) is 51.5. The Hall–Kier alpha value is -5.87. The molecular weight excluding hydrogens is 574 g/mol. The molecule has 4 nitrogen and oxygen atoms in total. The van der Waals surface area contributed by atoms with Gasteiger partial charge >= 0.3 is 0 Å². The summed E-state index contributed by atoms with van der Waals surface area (Å²) in [4.78, 5) is 7.72. The second-order valence-electron chi connectivity index (χ2n) is 13.3. The number of imidazole rings is 1. The second-order valence-corrected chi connectivity index (χ2v) is 13.3.